The Hall–Kier alpha value is -4.28. The SMILES string of the molecule is Cn1cc(-c2ccc(C(=O)Nc3nc4cc(NCC(=O)c5ccccc5)ccc4n3CC(C)(C)O)s2)cn1. The number of benzene rings is 2. The molecule has 5 aromatic rings. The molecule has 10 heteroatoms. The number of imidazole rings is 1. The third kappa shape index (κ3) is 5.66. The van der Waals surface area contributed by atoms with Gasteiger partial charge in [0.1, 0.15) is 0 Å². The van der Waals surface area contributed by atoms with E-state index in [2.05, 4.69) is 20.7 Å². The largest absolute Gasteiger partial charge is 0.389 e. The summed E-state index contributed by atoms with van der Waals surface area (Å²) in [6.07, 6.45) is 3.66. The molecule has 0 aliphatic rings. The van der Waals surface area contributed by atoms with Crippen molar-refractivity contribution in [2.45, 2.75) is 26.0 Å². The van der Waals surface area contributed by atoms with Crippen molar-refractivity contribution in [3.05, 3.63) is 83.5 Å². The molecule has 1 amide bonds. The lowest BCUT2D eigenvalue weighted by atomic mass is 10.1. The van der Waals surface area contributed by atoms with Gasteiger partial charge >= 0.3 is 0 Å². The van der Waals surface area contributed by atoms with Crippen molar-refractivity contribution >= 4 is 45.7 Å². The molecule has 0 spiro atoms. The van der Waals surface area contributed by atoms with Crippen molar-refractivity contribution in [2.75, 3.05) is 17.2 Å². The summed E-state index contributed by atoms with van der Waals surface area (Å²) in [5.74, 6) is 0.0259. The Balaban J connectivity index is 1.38. The maximum absolute atomic E-state index is 13.2. The molecule has 0 unspecified atom stereocenters. The molecule has 9 nitrogen and oxygen atoms in total. The minimum atomic E-state index is -1.04. The highest BCUT2D eigenvalue weighted by Gasteiger charge is 2.22. The Labute approximate surface area is 223 Å². The molecular formula is C28H28N6O3S. The standard InChI is InChI=1S/C28H28N6O3S/c1-28(2,37)17-34-22-10-9-20(29-15-23(35)18-7-5-4-6-8-18)13-21(22)31-27(34)32-26(36)25-12-11-24(38-25)19-14-30-33(3)16-19/h4-14,16,29,37H,15,17H2,1-3H3,(H,31,32,36). The van der Waals surface area contributed by atoms with E-state index in [0.717, 1.165) is 21.6 Å². The van der Waals surface area contributed by atoms with Gasteiger partial charge in [0.25, 0.3) is 5.91 Å². The summed E-state index contributed by atoms with van der Waals surface area (Å²) in [6.45, 7) is 3.77. The molecular weight excluding hydrogens is 500 g/mol. The maximum atomic E-state index is 13.2. The Bertz CT molecular complexity index is 1610. The predicted octanol–water partition coefficient (Wildman–Crippen LogP) is 4.82. The van der Waals surface area contributed by atoms with Gasteiger partial charge < -0.3 is 15.0 Å². The van der Waals surface area contributed by atoms with Gasteiger partial charge in [0.05, 0.1) is 40.8 Å². The van der Waals surface area contributed by atoms with Crippen LogP contribution in [0.15, 0.2) is 73.1 Å². The number of rotatable bonds is 9. The molecule has 3 aromatic heterocycles. The first-order chi connectivity index (χ1) is 18.2. The number of hydrogen-bond donors (Lipinski definition) is 3. The number of amides is 1. The van der Waals surface area contributed by atoms with Crippen LogP contribution in [0.2, 0.25) is 0 Å². The van der Waals surface area contributed by atoms with Crippen LogP contribution in [0.5, 0.6) is 0 Å². The number of nitrogens with one attached hydrogen (secondary N) is 2. The summed E-state index contributed by atoms with van der Waals surface area (Å²) in [7, 11) is 1.85. The quantitative estimate of drug-likeness (QED) is 0.237. The fraction of sp³-hybridized carbons (Fsp3) is 0.214. The van der Waals surface area contributed by atoms with Crippen molar-refractivity contribution in [1.82, 2.24) is 19.3 Å². The number of carbonyl (C=O) groups is 2. The van der Waals surface area contributed by atoms with Crippen LogP contribution in [0.25, 0.3) is 21.5 Å². The first-order valence-corrected chi connectivity index (χ1v) is 12.9. The molecule has 3 N–H and O–H groups in total. The van der Waals surface area contributed by atoms with E-state index in [-0.39, 0.29) is 24.8 Å². The zero-order valence-corrected chi connectivity index (χ0v) is 22.1. The first kappa shape index (κ1) is 25.4. The predicted molar refractivity (Wildman–Crippen MR) is 150 cm³/mol. The second-order valence-corrected chi connectivity index (χ2v) is 10.8. The number of fused-ring (bicyclic) bond motifs is 1. The average molecular weight is 529 g/mol. The number of nitrogens with zero attached hydrogens (tertiary/aromatic N) is 4. The summed E-state index contributed by atoms with van der Waals surface area (Å²) in [6, 6.07) is 18.3. The molecule has 2 aromatic carbocycles. The molecule has 0 aliphatic carbocycles. The fourth-order valence-electron chi connectivity index (χ4n) is 4.12. The summed E-state index contributed by atoms with van der Waals surface area (Å²) in [5, 5.41) is 20.8. The van der Waals surface area contributed by atoms with Gasteiger partial charge in [-0.25, -0.2) is 4.98 Å². The minimum absolute atomic E-state index is 0.0205. The molecule has 3 heterocycles. The normalized spacial score (nSPS) is 11.6. The number of aryl methyl sites for hydroxylation is 1. The zero-order valence-electron chi connectivity index (χ0n) is 21.3. The van der Waals surface area contributed by atoms with Crippen LogP contribution in [-0.4, -0.2) is 48.3 Å². The zero-order chi connectivity index (χ0) is 26.9. The van der Waals surface area contributed by atoms with Crippen LogP contribution < -0.4 is 10.6 Å². The number of aromatic nitrogens is 4. The minimum Gasteiger partial charge on any atom is -0.389 e. The van der Waals surface area contributed by atoms with E-state index in [1.807, 2.05) is 55.7 Å². The molecule has 0 saturated heterocycles. The van der Waals surface area contributed by atoms with Crippen molar-refractivity contribution in [2.24, 2.45) is 7.05 Å². The van der Waals surface area contributed by atoms with E-state index in [4.69, 9.17) is 0 Å². The number of aliphatic hydroxyl groups is 1. The molecule has 38 heavy (non-hydrogen) atoms. The molecule has 5 rings (SSSR count). The van der Waals surface area contributed by atoms with Gasteiger partial charge in [-0.05, 0) is 44.2 Å². The van der Waals surface area contributed by atoms with Gasteiger partial charge in [-0.3, -0.25) is 19.6 Å². The molecule has 0 atom stereocenters. The van der Waals surface area contributed by atoms with Gasteiger partial charge in [0, 0.05) is 34.9 Å². The average Bonchev–Trinajstić information content (AvgIpc) is 3.61. The van der Waals surface area contributed by atoms with Crippen LogP contribution in [-0.2, 0) is 13.6 Å². The van der Waals surface area contributed by atoms with Gasteiger partial charge in [-0.1, -0.05) is 30.3 Å². The second-order valence-electron chi connectivity index (χ2n) is 9.70. The number of carbonyl (C=O) groups excluding carboxylic acids is 2. The topological polar surface area (TPSA) is 114 Å². The molecule has 0 bridgehead atoms. The van der Waals surface area contributed by atoms with E-state index in [1.54, 1.807) is 47.5 Å². The number of hydrogen-bond acceptors (Lipinski definition) is 7. The second kappa shape index (κ2) is 10.2. The lowest BCUT2D eigenvalue weighted by molar-refractivity contribution is 0.0630. The fourth-order valence-corrected chi connectivity index (χ4v) is 4.99. The van der Waals surface area contributed by atoms with Crippen molar-refractivity contribution in [3.8, 4) is 10.4 Å². The number of Topliss-reactive ketones (excluding diaryl/α,β-unsaturated/α-hetero) is 1. The third-order valence-corrected chi connectivity index (χ3v) is 7.02. The molecule has 0 saturated carbocycles. The van der Waals surface area contributed by atoms with Crippen molar-refractivity contribution in [1.29, 1.82) is 0 Å². The van der Waals surface area contributed by atoms with E-state index in [9.17, 15) is 14.7 Å². The van der Waals surface area contributed by atoms with Gasteiger partial charge in [-0.2, -0.15) is 5.10 Å². The number of thiophene rings is 1. The summed E-state index contributed by atoms with van der Waals surface area (Å²) in [4.78, 5) is 31.8. The Kier molecular flexibility index (Phi) is 6.83. The highest BCUT2D eigenvalue weighted by Crippen LogP contribution is 2.29. The van der Waals surface area contributed by atoms with Gasteiger partial charge in [0.15, 0.2) is 5.78 Å². The monoisotopic (exact) mass is 528 g/mol. The number of anilines is 2. The summed E-state index contributed by atoms with van der Waals surface area (Å²) < 4.78 is 3.51. The first-order valence-electron chi connectivity index (χ1n) is 12.1. The molecule has 0 fully saturated rings. The smallest absolute Gasteiger partial charge is 0.268 e. The van der Waals surface area contributed by atoms with Crippen LogP contribution in [0.3, 0.4) is 0 Å². The highest BCUT2D eigenvalue weighted by atomic mass is 32.1. The van der Waals surface area contributed by atoms with Crippen LogP contribution in [0.1, 0.15) is 33.9 Å². The van der Waals surface area contributed by atoms with Crippen molar-refractivity contribution in [3.63, 3.8) is 0 Å². The summed E-state index contributed by atoms with van der Waals surface area (Å²) >= 11 is 1.37. The van der Waals surface area contributed by atoms with E-state index >= 15 is 0 Å². The molecule has 0 aliphatic heterocycles. The molecule has 0 radical (unpaired) electrons. The van der Waals surface area contributed by atoms with E-state index in [1.165, 1.54) is 11.3 Å². The van der Waals surface area contributed by atoms with Gasteiger partial charge in [0.2, 0.25) is 5.95 Å². The van der Waals surface area contributed by atoms with Crippen LogP contribution in [0, 0.1) is 0 Å². The third-order valence-electron chi connectivity index (χ3n) is 5.89. The Morgan fingerprint density at radius 3 is 2.58 bits per heavy atom. The maximum Gasteiger partial charge on any atom is 0.268 e. The lowest BCUT2D eigenvalue weighted by Gasteiger charge is -2.20. The Morgan fingerprint density at radius 1 is 1.08 bits per heavy atom. The van der Waals surface area contributed by atoms with E-state index in [0.29, 0.717) is 21.9 Å². The summed E-state index contributed by atoms with van der Waals surface area (Å²) in [5.41, 5.74) is 2.65. The van der Waals surface area contributed by atoms with E-state index < -0.39 is 5.60 Å². The van der Waals surface area contributed by atoms with Crippen LogP contribution >= 0.6 is 11.3 Å². The van der Waals surface area contributed by atoms with Crippen LogP contribution in [0.4, 0.5) is 11.6 Å². The Morgan fingerprint density at radius 2 is 1.87 bits per heavy atom. The molecule has 194 valence electrons. The van der Waals surface area contributed by atoms with Gasteiger partial charge in [-0.15, -0.1) is 11.3 Å². The number of ketones is 1. The highest BCUT2D eigenvalue weighted by molar-refractivity contribution is 7.17. The lowest BCUT2D eigenvalue weighted by Crippen LogP contribution is -2.27. The van der Waals surface area contributed by atoms with Crippen molar-refractivity contribution < 1.29 is 14.7 Å².